The molecule has 0 radical (unpaired) electrons. The van der Waals surface area contributed by atoms with Gasteiger partial charge in [-0.05, 0) is 148 Å². The molecule has 0 bridgehead atoms. The van der Waals surface area contributed by atoms with E-state index < -0.39 is 0 Å². The van der Waals surface area contributed by atoms with Crippen LogP contribution in [0.5, 0.6) is 0 Å². The van der Waals surface area contributed by atoms with Crippen LogP contribution in [0.4, 0.5) is 0 Å². The Bertz CT molecular complexity index is 1830. The Morgan fingerprint density at radius 1 is 0.250 bits per heavy atom. The van der Waals surface area contributed by atoms with Crippen LogP contribution in [0.3, 0.4) is 0 Å². The van der Waals surface area contributed by atoms with E-state index in [0.717, 1.165) is 15.1 Å². The fourth-order valence-electron chi connectivity index (χ4n) is 9.21. The van der Waals surface area contributed by atoms with Crippen molar-refractivity contribution in [3.8, 4) is 0 Å². The lowest BCUT2D eigenvalue weighted by Gasteiger charge is -2.35. The summed E-state index contributed by atoms with van der Waals surface area (Å²) in [6.45, 7) is 7.10. The molecule has 0 saturated carbocycles. The molecule has 9 rings (SSSR count). The van der Waals surface area contributed by atoms with Crippen LogP contribution in [0, 0.1) is 0 Å². The zero-order valence-corrected chi connectivity index (χ0v) is 37.2. The summed E-state index contributed by atoms with van der Waals surface area (Å²) in [4.78, 5) is 7.80. The molecule has 60 heavy (non-hydrogen) atoms. The van der Waals surface area contributed by atoms with Crippen molar-refractivity contribution in [3.63, 3.8) is 0 Å². The van der Waals surface area contributed by atoms with Crippen molar-refractivity contribution in [2.45, 2.75) is 75.9 Å². The van der Waals surface area contributed by atoms with E-state index in [1.807, 2.05) is 36.4 Å². The van der Waals surface area contributed by atoms with Gasteiger partial charge in [-0.1, -0.05) is 181 Å². The summed E-state index contributed by atoms with van der Waals surface area (Å²) in [7, 11) is 0. The Morgan fingerprint density at radius 3 is 0.667 bits per heavy atom. The highest BCUT2D eigenvalue weighted by Gasteiger charge is 2.26. The second kappa shape index (κ2) is 23.3. The molecule has 3 atom stereocenters. The molecule has 3 nitrogen and oxygen atoms in total. The van der Waals surface area contributed by atoms with Crippen LogP contribution in [0.1, 0.15) is 109 Å². The van der Waals surface area contributed by atoms with Gasteiger partial charge in [0.2, 0.25) is 0 Å². The Labute approximate surface area is 374 Å². The van der Waals surface area contributed by atoms with Crippen molar-refractivity contribution >= 4 is 34.8 Å². The lowest BCUT2D eigenvalue weighted by molar-refractivity contribution is 0.187. The summed E-state index contributed by atoms with van der Waals surface area (Å²) in [6.07, 6.45) is 11.9. The molecule has 3 fully saturated rings. The monoisotopic (exact) mass is 855 g/mol. The molecular weight excluding hydrogens is 797 g/mol. The van der Waals surface area contributed by atoms with Crippen LogP contribution in [-0.2, 0) is 0 Å². The highest BCUT2D eigenvalue weighted by atomic mass is 35.5. The average molecular weight is 857 g/mol. The predicted octanol–water partition coefficient (Wildman–Crippen LogP) is 14.7. The van der Waals surface area contributed by atoms with E-state index in [1.165, 1.54) is 130 Å². The van der Waals surface area contributed by atoms with Gasteiger partial charge in [0.1, 0.15) is 0 Å². The molecule has 3 aliphatic heterocycles. The Balaban J connectivity index is 0.000000136. The number of benzene rings is 6. The van der Waals surface area contributed by atoms with Gasteiger partial charge in [0.15, 0.2) is 0 Å². The standard InChI is InChI=1S/3C18H20ClN/c3*19-17-11-9-16(10-12-17)18(15-7-3-1-4-8-15)20-13-5-2-6-14-20/h3*1,3-4,7-12,18H,2,5-6,13-14H2/t2*18-;/m10./s1. The van der Waals surface area contributed by atoms with Gasteiger partial charge in [0.25, 0.3) is 0 Å². The van der Waals surface area contributed by atoms with Crippen molar-refractivity contribution in [1.29, 1.82) is 0 Å². The Morgan fingerprint density at radius 2 is 0.450 bits per heavy atom. The normalized spacial score (nSPS) is 17.9. The molecule has 3 saturated heterocycles. The van der Waals surface area contributed by atoms with Crippen molar-refractivity contribution in [2.75, 3.05) is 39.3 Å². The van der Waals surface area contributed by atoms with Gasteiger partial charge in [0, 0.05) is 15.1 Å². The third-order valence-corrected chi connectivity index (χ3v) is 12.9. The number of hydrogen-bond donors (Lipinski definition) is 0. The van der Waals surface area contributed by atoms with Gasteiger partial charge in [-0.15, -0.1) is 0 Å². The first-order chi connectivity index (χ1) is 29.5. The number of hydrogen-bond acceptors (Lipinski definition) is 3. The second-order valence-electron chi connectivity index (χ2n) is 16.4. The van der Waals surface area contributed by atoms with Crippen molar-refractivity contribution in [3.05, 3.63) is 212 Å². The second-order valence-corrected chi connectivity index (χ2v) is 17.7. The SMILES string of the molecule is Clc1ccc(C(c2ccccc2)N2CCCCC2)cc1.Clc1ccc([C@@H](c2ccccc2)N2CCCCC2)cc1.Clc1ccc([C@H](c2ccccc2)N2CCCCC2)cc1. The molecule has 3 heterocycles. The molecule has 0 aromatic heterocycles. The van der Waals surface area contributed by atoms with E-state index in [1.54, 1.807) is 0 Å². The molecule has 6 aromatic rings. The molecule has 6 heteroatoms. The van der Waals surface area contributed by atoms with Gasteiger partial charge in [-0.3, -0.25) is 14.7 Å². The van der Waals surface area contributed by atoms with E-state index in [4.69, 9.17) is 34.8 Å². The number of likely N-dealkylation sites (tertiary alicyclic amines) is 3. The van der Waals surface area contributed by atoms with E-state index in [0.29, 0.717) is 18.1 Å². The van der Waals surface area contributed by atoms with Crippen LogP contribution in [0.15, 0.2) is 164 Å². The van der Waals surface area contributed by atoms with Crippen molar-refractivity contribution in [1.82, 2.24) is 14.7 Å². The van der Waals surface area contributed by atoms with Crippen LogP contribution < -0.4 is 0 Å². The quantitative estimate of drug-likeness (QED) is 0.143. The molecule has 0 aliphatic carbocycles. The van der Waals surface area contributed by atoms with Crippen LogP contribution >= 0.6 is 34.8 Å². The minimum Gasteiger partial charge on any atom is -0.292 e. The largest absolute Gasteiger partial charge is 0.292 e. The first kappa shape index (κ1) is 44.1. The Kier molecular flexibility index (Phi) is 17.2. The van der Waals surface area contributed by atoms with E-state index >= 15 is 0 Å². The number of nitrogens with zero attached hydrogens (tertiary/aromatic N) is 3. The van der Waals surface area contributed by atoms with E-state index in [-0.39, 0.29) is 0 Å². The maximum absolute atomic E-state index is 6.03. The number of rotatable bonds is 9. The highest BCUT2D eigenvalue weighted by Crippen LogP contribution is 2.34. The smallest absolute Gasteiger partial charge is 0.0601 e. The average Bonchev–Trinajstić information content (AvgIpc) is 3.31. The zero-order valence-electron chi connectivity index (χ0n) is 34.9. The van der Waals surface area contributed by atoms with E-state index in [2.05, 4.69) is 142 Å². The molecular formula is C54H60Cl3N3. The first-order valence-corrected chi connectivity index (χ1v) is 23.3. The summed E-state index contributed by atoms with van der Waals surface area (Å²) in [5.41, 5.74) is 8.12. The fraction of sp³-hybridized carbons (Fsp3) is 0.333. The van der Waals surface area contributed by atoms with Crippen LogP contribution in [0.25, 0.3) is 0 Å². The minimum absolute atomic E-state index is 0.355. The summed E-state index contributed by atoms with van der Waals surface area (Å²) in [6, 6.07) is 58.4. The van der Waals surface area contributed by atoms with Gasteiger partial charge in [-0.2, -0.15) is 0 Å². The van der Waals surface area contributed by atoms with Crippen LogP contribution in [0.2, 0.25) is 15.1 Å². The maximum atomic E-state index is 6.03. The maximum Gasteiger partial charge on any atom is 0.0601 e. The van der Waals surface area contributed by atoms with Gasteiger partial charge < -0.3 is 0 Å². The van der Waals surface area contributed by atoms with Gasteiger partial charge in [0.05, 0.1) is 18.1 Å². The molecule has 0 amide bonds. The first-order valence-electron chi connectivity index (χ1n) is 22.2. The molecule has 312 valence electrons. The minimum atomic E-state index is 0.355. The third kappa shape index (κ3) is 12.6. The van der Waals surface area contributed by atoms with Crippen molar-refractivity contribution < 1.29 is 0 Å². The summed E-state index contributed by atoms with van der Waals surface area (Å²) >= 11 is 18.1. The summed E-state index contributed by atoms with van der Waals surface area (Å²) in [5.74, 6) is 0. The van der Waals surface area contributed by atoms with Gasteiger partial charge >= 0.3 is 0 Å². The Hall–Kier alpha value is -3.93. The topological polar surface area (TPSA) is 9.72 Å². The molecule has 1 unspecified atom stereocenters. The van der Waals surface area contributed by atoms with E-state index in [9.17, 15) is 0 Å². The fourth-order valence-corrected chi connectivity index (χ4v) is 9.59. The third-order valence-electron chi connectivity index (χ3n) is 12.2. The summed E-state index contributed by atoms with van der Waals surface area (Å²) < 4.78 is 0. The van der Waals surface area contributed by atoms with Gasteiger partial charge in [-0.25, -0.2) is 0 Å². The molecule has 6 aromatic carbocycles. The molecule has 0 N–H and O–H groups in total. The summed E-state index contributed by atoms with van der Waals surface area (Å²) in [5, 5.41) is 2.41. The van der Waals surface area contributed by atoms with Crippen LogP contribution in [-0.4, -0.2) is 54.0 Å². The molecule has 3 aliphatic rings. The zero-order chi connectivity index (χ0) is 41.4. The predicted molar refractivity (Wildman–Crippen MR) is 255 cm³/mol. The number of halogens is 3. The lowest BCUT2D eigenvalue weighted by Crippen LogP contribution is -2.34. The molecule has 0 spiro atoms. The van der Waals surface area contributed by atoms with Crippen molar-refractivity contribution in [2.24, 2.45) is 0 Å². The highest BCUT2D eigenvalue weighted by molar-refractivity contribution is 6.31. The lowest BCUT2D eigenvalue weighted by atomic mass is 9.95. The number of piperidine rings is 3.